The van der Waals surface area contributed by atoms with Crippen molar-refractivity contribution in [2.45, 2.75) is 56.6 Å². The number of hydrogen-bond donors (Lipinski definition) is 0. The largest absolute Gasteiger partial charge is 0.487 e. The number of carbonyl (C=O) groups excluding carboxylic acids is 1. The maximum atomic E-state index is 12.9. The lowest BCUT2D eigenvalue weighted by atomic mass is 9.76. The highest BCUT2D eigenvalue weighted by molar-refractivity contribution is 7.09. The summed E-state index contributed by atoms with van der Waals surface area (Å²) in [5, 5.41) is 2.16. The summed E-state index contributed by atoms with van der Waals surface area (Å²) in [7, 11) is 0. The molecule has 3 aliphatic rings. The number of benzene rings is 1. The van der Waals surface area contributed by atoms with Crippen molar-refractivity contribution in [2.24, 2.45) is 0 Å². The highest BCUT2D eigenvalue weighted by atomic mass is 32.1. The minimum absolute atomic E-state index is 0.115. The zero-order valence-electron chi connectivity index (χ0n) is 17.0. The summed E-state index contributed by atoms with van der Waals surface area (Å²) < 4.78 is 6.63. The van der Waals surface area contributed by atoms with Crippen LogP contribution in [0, 0.1) is 0 Å². The Hall–Kier alpha value is -1.85. The van der Waals surface area contributed by atoms with Gasteiger partial charge < -0.3 is 9.64 Å². The first-order valence-corrected chi connectivity index (χ1v) is 11.9. The molecular formula is C24H30N2O2S. The fourth-order valence-electron chi connectivity index (χ4n) is 5.28. The van der Waals surface area contributed by atoms with E-state index >= 15 is 0 Å². The number of para-hydroxylation sites is 1. The summed E-state index contributed by atoms with van der Waals surface area (Å²) in [6.45, 7) is 5.04. The molecule has 1 atom stereocenters. The van der Waals surface area contributed by atoms with Gasteiger partial charge in [-0.2, -0.15) is 0 Å². The van der Waals surface area contributed by atoms with Crippen molar-refractivity contribution < 1.29 is 9.53 Å². The third kappa shape index (κ3) is 4.08. The number of piperidine rings is 1. The van der Waals surface area contributed by atoms with Crippen molar-refractivity contribution in [3.05, 3.63) is 52.2 Å². The Morgan fingerprint density at radius 1 is 1.07 bits per heavy atom. The topological polar surface area (TPSA) is 32.8 Å². The lowest BCUT2D eigenvalue weighted by Crippen LogP contribution is -2.50. The van der Waals surface area contributed by atoms with Crippen LogP contribution in [0.4, 0.5) is 0 Å². The molecule has 4 nitrogen and oxygen atoms in total. The molecule has 0 saturated carbocycles. The van der Waals surface area contributed by atoms with E-state index in [-0.39, 0.29) is 11.5 Å². The molecule has 154 valence electrons. The van der Waals surface area contributed by atoms with E-state index in [0.717, 1.165) is 70.6 Å². The number of ether oxygens (including phenoxy) is 1. The normalized spacial score (nSPS) is 23.7. The van der Waals surface area contributed by atoms with Crippen molar-refractivity contribution >= 4 is 17.2 Å². The Bertz CT molecular complexity index is 836. The Labute approximate surface area is 177 Å². The predicted molar refractivity (Wildman–Crippen MR) is 116 cm³/mol. The second kappa shape index (κ2) is 8.11. The molecule has 2 fully saturated rings. The Morgan fingerprint density at radius 2 is 1.86 bits per heavy atom. The molecule has 1 spiro atoms. The van der Waals surface area contributed by atoms with Gasteiger partial charge in [0.1, 0.15) is 11.4 Å². The summed E-state index contributed by atoms with van der Waals surface area (Å²) in [6, 6.07) is 12.8. The van der Waals surface area contributed by atoms with E-state index in [9.17, 15) is 4.79 Å². The molecule has 5 heteroatoms. The Kier molecular flexibility index (Phi) is 5.35. The van der Waals surface area contributed by atoms with E-state index in [1.807, 2.05) is 11.3 Å². The number of fused-ring (bicyclic) bond motifs is 1. The second-order valence-corrected chi connectivity index (χ2v) is 9.90. The van der Waals surface area contributed by atoms with Crippen LogP contribution < -0.4 is 4.74 Å². The molecule has 29 heavy (non-hydrogen) atoms. The third-order valence-corrected chi connectivity index (χ3v) is 7.77. The summed E-state index contributed by atoms with van der Waals surface area (Å²) in [6.07, 6.45) is 5.99. The van der Waals surface area contributed by atoms with Crippen molar-refractivity contribution in [1.82, 2.24) is 9.80 Å². The number of rotatable bonds is 4. The molecular weight excluding hydrogens is 380 g/mol. The first kappa shape index (κ1) is 19.1. The first-order valence-electron chi connectivity index (χ1n) is 11.0. The van der Waals surface area contributed by atoms with Gasteiger partial charge >= 0.3 is 0 Å². The van der Waals surface area contributed by atoms with Crippen LogP contribution in [0.5, 0.6) is 5.75 Å². The zero-order chi connectivity index (χ0) is 19.7. The number of amides is 1. The molecule has 4 heterocycles. The zero-order valence-corrected chi connectivity index (χ0v) is 17.8. The minimum atomic E-state index is -0.115. The average molecular weight is 411 g/mol. The van der Waals surface area contributed by atoms with Gasteiger partial charge in [0.15, 0.2) is 0 Å². The van der Waals surface area contributed by atoms with E-state index in [4.69, 9.17) is 4.74 Å². The maximum Gasteiger partial charge on any atom is 0.223 e. The molecule has 3 aliphatic heterocycles. The first-order chi connectivity index (χ1) is 14.2. The molecule has 0 bridgehead atoms. The van der Waals surface area contributed by atoms with E-state index in [1.165, 1.54) is 10.4 Å². The van der Waals surface area contributed by atoms with E-state index < -0.39 is 0 Å². The fourth-order valence-corrected chi connectivity index (χ4v) is 6.03. The molecule has 1 amide bonds. The molecule has 5 rings (SSSR count). The van der Waals surface area contributed by atoms with Crippen LogP contribution in [0.1, 0.15) is 54.9 Å². The van der Waals surface area contributed by atoms with Gasteiger partial charge in [-0.05, 0) is 55.2 Å². The highest BCUT2D eigenvalue weighted by Crippen LogP contribution is 2.46. The molecule has 0 N–H and O–H groups in total. The summed E-state index contributed by atoms with van der Waals surface area (Å²) in [5.41, 5.74) is 1.11. The van der Waals surface area contributed by atoms with Crippen LogP contribution in [-0.2, 0) is 11.3 Å². The third-order valence-electron chi connectivity index (χ3n) is 6.91. The molecule has 0 radical (unpaired) electrons. The number of nitrogens with zero attached hydrogens (tertiary/aromatic N) is 2. The van der Waals surface area contributed by atoms with E-state index in [0.29, 0.717) is 12.3 Å². The second-order valence-electron chi connectivity index (χ2n) is 8.87. The van der Waals surface area contributed by atoms with Gasteiger partial charge in [-0.25, -0.2) is 0 Å². The average Bonchev–Trinajstić information content (AvgIpc) is 3.44. The molecule has 2 aromatic rings. The number of hydrogen-bond acceptors (Lipinski definition) is 4. The smallest absolute Gasteiger partial charge is 0.223 e. The van der Waals surface area contributed by atoms with Gasteiger partial charge in [0.2, 0.25) is 5.91 Å². The lowest BCUT2D eigenvalue weighted by Gasteiger charge is -2.47. The van der Waals surface area contributed by atoms with Crippen molar-refractivity contribution in [1.29, 1.82) is 0 Å². The lowest BCUT2D eigenvalue weighted by molar-refractivity contribution is -0.131. The van der Waals surface area contributed by atoms with Crippen molar-refractivity contribution in [3.63, 3.8) is 0 Å². The molecule has 1 aromatic heterocycles. The highest BCUT2D eigenvalue weighted by Gasteiger charge is 2.43. The van der Waals surface area contributed by atoms with Gasteiger partial charge in [-0.15, -0.1) is 11.3 Å². The molecule has 1 aromatic carbocycles. The minimum Gasteiger partial charge on any atom is -0.487 e. The number of carbonyl (C=O) groups is 1. The maximum absolute atomic E-state index is 12.9. The van der Waals surface area contributed by atoms with Gasteiger partial charge in [0, 0.05) is 49.9 Å². The van der Waals surface area contributed by atoms with Crippen LogP contribution >= 0.6 is 11.3 Å². The summed E-state index contributed by atoms with van der Waals surface area (Å²) in [5.74, 6) is 1.61. The van der Waals surface area contributed by atoms with Gasteiger partial charge in [0.25, 0.3) is 0 Å². The van der Waals surface area contributed by atoms with Crippen LogP contribution in [0.2, 0.25) is 0 Å². The van der Waals surface area contributed by atoms with Crippen LogP contribution in [0.3, 0.4) is 0 Å². The Balaban J connectivity index is 1.29. The monoisotopic (exact) mass is 410 g/mol. The van der Waals surface area contributed by atoms with E-state index in [2.05, 4.69) is 51.6 Å². The van der Waals surface area contributed by atoms with Crippen LogP contribution in [0.15, 0.2) is 41.8 Å². The quantitative estimate of drug-likeness (QED) is 0.735. The molecule has 0 aliphatic carbocycles. The standard InChI is InChI=1S/C24H30N2O2S/c27-23(26-11-3-4-12-26)16-19-17-24(28-22-8-2-1-7-21(19)22)9-13-25(14-10-24)18-20-6-5-15-29-20/h1-2,5-8,15,19H,3-4,9-14,16-18H2/t19-/m0/s1. The number of likely N-dealkylation sites (tertiary alicyclic amines) is 2. The van der Waals surface area contributed by atoms with Gasteiger partial charge in [-0.1, -0.05) is 24.3 Å². The Morgan fingerprint density at radius 3 is 2.62 bits per heavy atom. The molecule has 0 unspecified atom stereocenters. The van der Waals surface area contributed by atoms with Crippen molar-refractivity contribution in [3.8, 4) is 5.75 Å². The SMILES string of the molecule is O=C(C[C@H]1CC2(CCN(Cc3cccs3)CC2)Oc2ccccc21)N1CCCC1. The number of thiophene rings is 1. The summed E-state index contributed by atoms with van der Waals surface area (Å²) >= 11 is 1.84. The van der Waals surface area contributed by atoms with Gasteiger partial charge in [0.05, 0.1) is 0 Å². The van der Waals surface area contributed by atoms with Crippen molar-refractivity contribution in [2.75, 3.05) is 26.2 Å². The fraction of sp³-hybridized carbons (Fsp3) is 0.542. The molecule has 2 saturated heterocycles. The summed E-state index contributed by atoms with van der Waals surface area (Å²) in [4.78, 5) is 18.9. The van der Waals surface area contributed by atoms with Gasteiger partial charge in [-0.3, -0.25) is 9.69 Å². The van der Waals surface area contributed by atoms with Crippen LogP contribution in [-0.4, -0.2) is 47.5 Å². The van der Waals surface area contributed by atoms with Crippen LogP contribution in [0.25, 0.3) is 0 Å². The predicted octanol–water partition coefficient (Wildman–Crippen LogP) is 4.66. The van der Waals surface area contributed by atoms with E-state index in [1.54, 1.807) is 0 Å².